The van der Waals surface area contributed by atoms with Crippen LogP contribution < -0.4 is 5.32 Å². The van der Waals surface area contributed by atoms with E-state index in [0.717, 1.165) is 19.2 Å². The summed E-state index contributed by atoms with van der Waals surface area (Å²) in [5.41, 5.74) is 2.21. The zero-order valence-electron chi connectivity index (χ0n) is 19.4. The highest BCUT2D eigenvalue weighted by atomic mass is 19.1. The Hall–Kier alpha value is -2.84. The number of amides is 2. The van der Waals surface area contributed by atoms with Gasteiger partial charge < -0.3 is 15.0 Å². The average Bonchev–Trinajstić information content (AvgIpc) is 2.84. The highest BCUT2D eigenvalue weighted by molar-refractivity contribution is 5.94. The van der Waals surface area contributed by atoms with Crippen molar-refractivity contribution < 1.29 is 23.1 Å². The van der Waals surface area contributed by atoms with Gasteiger partial charge in [-0.1, -0.05) is 29.8 Å². The van der Waals surface area contributed by atoms with Crippen molar-refractivity contribution in [2.75, 3.05) is 45.9 Å². The van der Waals surface area contributed by atoms with Gasteiger partial charge in [-0.25, -0.2) is 8.78 Å². The number of morpholine rings is 1. The van der Waals surface area contributed by atoms with Crippen molar-refractivity contribution in [2.45, 2.75) is 25.8 Å². The third kappa shape index (κ3) is 5.80. The number of hydrogen-bond donors (Lipinski definition) is 1. The first-order valence-electron chi connectivity index (χ1n) is 11.8. The van der Waals surface area contributed by atoms with Gasteiger partial charge >= 0.3 is 0 Å². The first-order chi connectivity index (χ1) is 16.4. The summed E-state index contributed by atoms with van der Waals surface area (Å²) in [6.45, 7) is 6.27. The van der Waals surface area contributed by atoms with E-state index in [1.165, 1.54) is 22.1 Å². The number of ether oxygens (including phenoxy) is 1. The van der Waals surface area contributed by atoms with E-state index in [1.54, 1.807) is 0 Å². The molecule has 2 saturated heterocycles. The molecule has 2 heterocycles. The Morgan fingerprint density at radius 1 is 1.06 bits per heavy atom. The zero-order valence-corrected chi connectivity index (χ0v) is 19.4. The molecule has 0 bridgehead atoms. The zero-order chi connectivity index (χ0) is 24.1. The second-order valence-corrected chi connectivity index (χ2v) is 9.01. The molecule has 34 heavy (non-hydrogen) atoms. The number of rotatable bonds is 6. The summed E-state index contributed by atoms with van der Waals surface area (Å²) in [6, 6.07) is 11.4. The topological polar surface area (TPSA) is 61.9 Å². The van der Waals surface area contributed by atoms with Gasteiger partial charge in [-0.05, 0) is 37.5 Å². The third-order valence-corrected chi connectivity index (χ3v) is 6.70. The SMILES string of the molecule is Cc1cccc(C(CNC(=O)C2CCN(C(=O)c3ccc(F)cc3F)CC2)N2CCOCC2)c1. The summed E-state index contributed by atoms with van der Waals surface area (Å²) in [5.74, 6) is -2.28. The van der Waals surface area contributed by atoms with Crippen molar-refractivity contribution in [1.29, 1.82) is 0 Å². The largest absolute Gasteiger partial charge is 0.379 e. The van der Waals surface area contributed by atoms with Crippen LogP contribution in [0.25, 0.3) is 0 Å². The summed E-state index contributed by atoms with van der Waals surface area (Å²) >= 11 is 0. The predicted octanol–water partition coefficient (Wildman–Crippen LogP) is 3.32. The number of carbonyl (C=O) groups is 2. The molecule has 2 fully saturated rings. The highest BCUT2D eigenvalue weighted by Gasteiger charge is 2.30. The van der Waals surface area contributed by atoms with Gasteiger partial charge in [-0.3, -0.25) is 14.5 Å². The number of hydrogen-bond acceptors (Lipinski definition) is 4. The molecule has 8 heteroatoms. The van der Waals surface area contributed by atoms with E-state index in [-0.39, 0.29) is 23.4 Å². The van der Waals surface area contributed by atoms with Crippen molar-refractivity contribution >= 4 is 11.8 Å². The monoisotopic (exact) mass is 471 g/mol. The van der Waals surface area contributed by atoms with Gasteiger partial charge in [0.25, 0.3) is 5.91 Å². The third-order valence-electron chi connectivity index (χ3n) is 6.70. The van der Waals surface area contributed by atoms with E-state index in [0.29, 0.717) is 51.8 Å². The van der Waals surface area contributed by atoms with E-state index in [1.807, 2.05) is 6.07 Å². The number of nitrogens with zero attached hydrogens (tertiary/aromatic N) is 2. The first-order valence-corrected chi connectivity index (χ1v) is 11.8. The number of benzene rings is 2. The first kappa shape index (κ1) is 24.3. The molecule has 182 valence electrons. The Labute approximate surface area is 198 Å². The molecule has 2 aromatic carbocycles. The molecule has 0 spiro atoms. The lowest BCUT2D eigenvalue weighted by molar-refractivity contribution is -0.126. The van der Waals surface area contributed by atoms with Crippen LogP contribution in [0.2, 0.25) is 0 Å². The lowest BCUT2D eigenvalue weighted by atomic mass is 9.95. The second kappa shape index (κ2) is 11.1. The Morgan fingerprint density at radius 2 is 1.79 bits per heavy atom. The van der Waals surface area contributed by atoms with Crippen molar-refractivity contribution in [1.82, 2.24) is 15.1 Å². The van der Waals surface area contributed by atoms with Gasteiger partial charge in [0.1, 0.15) is 11.6 Å². The van der Waals surface area contributed by atoms with E-state index >= 15 is 0 Å². The van der Waals surface area contributed by atoms with Crippen molar-refractivity contribution in [3.05, 3.63) is 70.8 Å². The van der Waals surface area contributed by atoms with E-state index in [2.05, 4.69) is 35.3 Å². The van der Waals surface area contributed by atoms with E-state index in [9.17, 15) is 18.4 Å². The number of aryl methyl sites for hydroxylation is 1. The molecule has 1 unspecified atom stereocenters. The lowest BCUT2D eigenvalue weighted by Gasteiger charge is -2.36. The molecule has 1 atom stereocenters. The molecule has 0 aromatic heterocycles. The summed E-state index contributed by atoms with van der Waals surface area (Å²) in [4.78, 5) is 29.5. The van der Waals surface area contributed by atoms with Crippen molar-refractivity contribution in [2.24, 2.45) is 5.92 Å². The van der Waals surface area contributed by atoms with Crippen molar-refractivity contribution in [3.8, 4) is 0 Å². The molecule has 0 radical (unpaired) electrons. The minimum Gasteiger partial charge on any atom is -0.379 e. The number of piperidine rings is 1. The Morgan fingerprint density at radius 3 is 2.47 bits per heavy atom. The maximum absolute atomic E-state index is 14.0. The lowest BCUT2D eigenvalue weighted by Crippen LogP contribution is -2.46. The molecule has 4 rings (SSSR count). The summed E-state index contributed by atoms with van der Waals surface area (Å²) in [5, 5.41) is 3.13. The Balaban J connectivity index is 1.34. The van der Waals surface area contributed by atoms with Gasteiger partial charge in [-0.15, -0.1) is 0 Å². The Kier molecular flexibility index (Phi) is 7.90. The molecule has 2 aliphatic rings. The van der Waals surface area contributed by atoms with Gasteiger partial charge in [0, 0.05) is 44.7 Å². The van der Waals surface area contributed by atoms with Crippen LogP contribution in [0.1, 0.15) is 40.4 Å². The molecule has 2 aromatic rings. The van der Waals surface area contributed by atoms with Gasteiger partial charge in [0.05, 0.1) is 24.8 Å². The van der Waals surface area contributed by atoms with Crippen LogP contribution in [0.4, 0.5) is 8.78 Å². The summed E-state index contributed by atoms with van der Waals surface area (Å²) in [7, 11) is 0. The fraction of sp³-hybridized carbons (Fsp3) is 0.462. The van der Waals surface area contributed by atoms with Crippen LogP contribution in [-0.4, -0.2) is 67.6 Å². The molecule has 1 N–H and O–H groups in total. The van der Waals surface area contributed by atoms with E-state index < -0.39 is 17.5 Å². The highest BCUT2D eigenvalue weighted by Crippen LogP contribution is 2.24. The number of nitrogens with one attached hydrogen (secondary N) is 1. The van der Waals surface area contributed by atoms with Crippen LogP contribution in [0.5, 0.6) is 0 Å². The normalized spacial score (nSPS) is 18.5. The molecule has 0 aliphatic carbocycles. The van der Waals surface area contributed by atoms with Gasteiger partial charge in [-0.2, -0.15) is 0 Å². The molecule has 2 aliphatic heterocycles. The fourth-order valence-corrected chi connectivity index (χ4v) is 4.74. The van der Waals surface area contributed by atoms with Crippen molar-refractivity contribution in [3.63, 3.8) is 0 Å². The van der Waals surface area contributed by atoms with Gasteiger partial charge in [0.15, 0.2) is 0 Å². The number of carbonyl (C=O) groups excluding carboxylic acids is 2. The molecular formula is C26H31F2N3O3. The van der Waals surface area contributed by atoms with Crippen LogP contribution in [-0.2, 0) is 9.53 Å². The summed E-state index contributed by atoms with van der Waals surface area (Å²) < 4.78 is 32.6. The smallest absolute Gasteiger partial charge is 0.256 e. The number of halogens is 2. The molecule has 0 saturated carbocycles. The van der Waals surface area contributed by atoms with Crippen LogP contribution in [0, 0.1) is 24.5 Å². The second-order valence-electron chi connectivity index (χ2n) is 9.01. The molecule has 6 nitrogen and oxygen atoms in total. The van der Waals surface area contributed by atoms with Crippen LogP contribution in [0.3, 0.4) is 0 Å². The van der Waals surface area contributed by atoms with E-state index in [4.69, 9.17) is 4.74 Å². The predicted molar refractivity (Wildman–Crippen MR) is 124 cm³/mol. The minimum absolute atomic E-state index is 0.0222. The average molecular weight is 472 g/mol. The minimum atomic E-state index is -0.866. The molecular weight excluding hydrogens is 440 g/mol. The maximum atomic E-state index is 14.0. The maximum Gasteiger partial charge on any atom is 0.256 e. The van der Waals surface area contributed by atoms with Gasteiger partial charge in [0.2, 0.25) is 5.91 Å². The summed E-state index contributed by atoms with van der Waals surface area (Å²) in [6.07, 6.45) is 1.01. The van der Waals surface area contributed by atoms with Crippen LogP contribution in [0.15, 0.2) is 42.5 Å². The number of likely N-dealkylation sites (tertiary alicyclic amines) is 1. The standard InChI is InChI=1S/C26H31F2N3O3/c1-18-3-2-4-20(15-18)24(30-11-13-34-14-12-30)17-29-25(32)19-7-9-31(10-8-19)26(33)22-6-5-21(27)16-23(22)28/h2-6,15-16,19,24H,7-14,17H2,1H3,(H,29,32). The fourth-order valence-electron chi connectivity index (χ4n) is 4.74. The molecule has 2 amide bonds. The van der Waals surface area contributed by atoms with Crippen LogP contribution >= 0.6 is 0 Å². The Bertz CT molecular complexity index is 1020. The quantitative estimate of drug-likeness (QED) is 0.702.